The smallest absolute Gasteiger partial charge is 0.410 e. The number of aryl methyl sites for hydroxylation is 2. The Morgan fingerprint density at radius 1 is 1.12 bits per heavy atom. The van der Waals surface area contributed by atoms with Crippen molar-refractivity contribution in [1.82, 2.24) is 4.90 Å². The van der Waals surface area contributed by atoms with E-state index in [4.69, 9.17) is 9.47 Å². The first-order valence-corrected chi connectivity index (χ1v) is 8.96. The molecule has 2 rings (SSSR count). The van der Waals surface area contributed by atoms with E-state index in [9.17, 15) is 9.59 Å². The molecule has 0 spiro atoms. The Morgan fingerprint density at radius 3 is 2.28 bits per heavy atom. The molecule has 1 aromatic rings. The predicted octanol–water partition coefficient (Wildman–Crippen LogP) is 3.87. The van der Waals surface area contributed by atoms with Crippen molar-refractivity contribution < 1.29 is 19.1 Å². The minimum Gasteiger partial charge on any atom is -0.462 e. The average Bonchev–Trinajstić information content (AvgIpc) is 2.53. The van der Waals surface area contributed by atoms with Crippen molar-refractivity contribution in [2.24, 2.45) is 0 Å². The van der Waals surface area contributed by atoms with Crippen LogP contribution in [0.25, 0.3) is 0 Å². The first-order valence-electron chi connectivity index (χ1n) is 8.96. The van der Waals surface area contributed by atoms with Crippen LogP contribution in [0.15, 0.2) is 24.3 Å². The van der Waals surface area contributed by atoms with Crippen LogP contribution in [0.2, 0.25) is 0 Å². The highest BCUT2D eigenvalue weighted by atomic mass is 16.6. The third-order valence-electron chi connectivity index (χ3n) is 4.13. The van der Waals surface area contributed by atoms with Crippen LogP contribution in [0, 0.1) is 6.92 Å². The summed E-state index contributed by atoms with van der Waals surface area (Å²) >= 11 is 0. The van der Waals surface area contributed by atoms with Crippen molar-refractivity contribution in [1.29, 1.82) is 0 Å². The maximum atomic E-state index is 12.0. The van der Waals surface area contributed by atoms with Gasteiger partial charge >= 0.3 is 12.1 Å². The lowest BCUT2D eigenvalue weighted by molar-refractivity contribution is -0.151. The molecule has 1 aliphatic heterocycles. The number of likely N-dealkylation sites (tertiary alicyclic amines) is 1. The number of ether oxygens (including phenoxy) is 2. The Labute approximate surface area is 150 Å². The molecule has 0 N–H and O–H groups in total. The molecule has 0 saturated carbocycles. The summed E-state index contributed by atoms with van der Waals surface area (Å²) in [5, 5.41) is 0. The van der Waals surface area contributed by atoms with Gasteiger partial charge in [0.2, 0.25) is 0 Å². The molecule has 5 heteroatoms. The highest BCUT2D eigenvalue weighted by molar-refractivity contribution is 5.70. The van der Waals surface area contributed by atoms with Crippen molar-refractivity contribution in [2.45, 2.75) is 65.1 Å². The number of nitrogens with zero attached hydrogens (tertiary/aromatic N) is 1. The minimum atomic E-state index is -0.490. The highest BCUT2D eigenvalue weighted by Crippen LogP contribution is 2.18. The molecule has 1 saturated heterocycles. The van der Waals surface area contributed by atoms with E-state index in [1.807, 2.05) is 52.0 Å². The summed E-state index contributed by atoms with van der Waals surface area (Å²) in [6, 6.07) is 8.18. The van der Waals surface area contributed by atoms with Gasteiger partial charge in [0.1, 0.15) is 11.7 Å². The summed E-state index contributed by atoms with van der Waals surface area (Å²) < 4.78 is 10.9. The predicted molar refractivity (Wildman–Crippen MR) is 96.4 cm³/mol. The zero-order valence-corrected chi connectivity index (χ0v) is 15.7. The molecule has 5 nitrogen and oxygen atoms in total. The van der Waals surface area contributed by atoms with Gasteiger partial charge in [-0.15, -0.1) is 0 Å². The van der Waals surface area contributed by atoms with Gasteiger partial charge in [0.15, 0.2) is 0 Å². The second-order valence-electron chi connectivity index (χ2n) is 7.64. The van der Waals surface area contributed by atoms with E-state index >= 15 is 0 Å². The number of amides is 1. The zero-order valence-electron chi connectivity index (χ0n) is 15.7. The van der Waals surface area contributed by atoms with E-state index < -0.39 is 5.60 Å². The Hall–Kier alpha value is -2.04. The third kappa shape index (κ3) is 6.77. The number of hydrogen-bond acceptors (Lipinski definition) is 4. The number of carbonyl (C=O) groups excluding carboxylic acids is 2. The Morgan fingerprint density at radius 2 is 1.72 bits per heavy atom. The number of carbonyl (C=O) groups is 2. The van der Waals surface area contributed by atoms with Crippen molar-refractivity contribution in [3.8, 4) is 0 Å². The van der Waals surface area contributed by atoms with Crippen LogP contribution in [-0.4, -0.2) is 41.8 Å². The second-order valence-corrected chi connectivity index (χ2v) is 7.64. The summed E-state index contributed by atoms with van der Waals surface area (Å²) in [7, 11) is 0. The molecule has 138 valence electrons. The van der Waals surface area contributed by atoms with Gasteiger partial charge in [0.05, 0.1) is 0 Å². The van der Waals surface area contributed by atoms with E-state index in [1.54, 1.807) is 4.90 Å². The van der Waals surface area contributed by atoms with Gasteiger partial charge in [0, 0.05) is 32.4 Å². The number of hydrogen-bond donors (Lipinski definition) is 0. The van der Waals surface area contributed by atoms with Crippen molar-refractivity contribution >= 4 is 12.1 Å². The minimum absolute atomic E-state index is 0.107. The fourth-order valence-corrected chi connectivity index (χ4v) is 2.73. The van der Waals surface area contributed by atoms with Gasteiger partial charge in [-0.1, -0.05) is 29.8 Å². The van der Waals surface area contributed by atoms with Crippen LogP contribution >= 0.6 is 0 Å². The van der Waals surface area contributed by atoms with Crippen molar-refractivity contribution in [2.75, 3.05) is 13.1 Å². The van der Waals surface area contributed by atoms with Gasteiger partial charge in [-0.05, 0) is 39.7 Å². The molecule has 0 aliphatic carbocycles. The Bertz CT molecular complexity index is 581. The molecule has 0 radical (unpaired) electrons. The van der Waals surface area contributed by atoms with Crippen LogP contribution in [0.3, 0.4) is 0 Å². The molecule has 0 bridgehead atoms. The second kappa shape index (κ2) is 8.37. The fourth-order valence-electron chi connectivity index (χ4n) is 2.73. The summed E-state index contributed by atoms with van der Waals surface area (Å²) in [4.78, 5) is 25.7. The van der Waals surface area contributed by atoms with Crippen LogP contribution in [0.1, 0.15) is 51.2 Å². The van der Waals surface area contributed by atoms with Gasteiger partial charge < -0.3 is 14.4 Å². The van der Waals surface area contributed by atoms with Gasteiger partial charge in [-0.25, -0.2) is 4.79 Å². The maximum Gasteiger partial charge on any atom is 0.410 e. The van der Waals surface area contributed by atoms with Crippen LogP contribution in [-0.2, 0) is 20.7 Å². The van der Waals surface area contributed by atoms with Crippen LogP contribution < -0.4 is 0 Å². The van der Waals surface area contributed by atoms with Crippen molar-refractivity contribution in [3.63, 3.8) is 0 Å². The number of esters is 1. The lowest BCUT2D eigenvalue weighted by atomic mass is 10.1. The van der Waals surface area contributed by atoms with E-state index in [0.717, 1.165) is 5.56 Å². The Kier molecular flexibility index (Phi) is 6.45. The first-order chi connectivity index (χ1) is 11.7. The summed E-state index contributed by atoms with van der Waals surface area (Å²) in [6.07, 6.45) is 2.00. The Balaban J connectivity index is 1.69. The molecule has 1 aromatic carbocycles. The first kappa shape index (κ1) is 19.3. The highest BCUT2D eigenvalue weighted by Gasteiger charge is 2.28. The van der Waals surface area contributed by atoms with Crippen molar-refractivity contribution in [3.05, 3.63) is 35.4 Å². The average molecular weight is 347 g/mol. The molecule has 1 amide bonds. The summed E-state index contributed by atoms with van der Waals surface area (Å²) in [5.41, 5.74) is 1.86. The lowest BCUT2D eigenvalue weighted by Crippen LogP contribution is -2.43. The van der Waals surface area contributed by atoms with E-state index in [2.05, 4.69) is 0 Å². The molecule has 1 fully saturated rings. The topological polar surface area (TPSA) is 55.8 Å². The molecule has 1 aliphatic rings. The molecule has 0 atom stereocenters. The fraction of sp³-hybridized carbons (Fsp3) is 0.600. The molecular weight excluding hydrogens is 318 g/mol. The van der Waals surface area contributed by atoms with Crippen LogP contribution in [0.4, 0.5) is 4.79 Å². The zero-order chi connectivity index (χ0) is 18.4. The largest absolute Gasteiger partial charge is 0.462 e. The molecular formula is C20H29NO4. The number of rotatable bonds is 4. The molecule has 0 aromatic heterocycles. The quantitative estimate of drug-likeness (QED) is 0.776. The van der Waals surface area contributed by atoms with E-state index in [0.29, 0.717) is 38.8 Å². The summed E-state index contributed by atoms with van der Waals surface area (Å²) in [5.74, 6) is -0.170. The molecule has 25 heavy (non-hydrogen) atoms. The normalized spacial score (nSPS) is 15.8. The summed E-state index contributed by atoms with van der Waals surface area (Å²) in [6.45, 7) is 8.73. The van der Waals surface area contributed by atoms with Gasteiger partial charge in [0.25, 0.3) is 0 Å². The third-order valence-corrected chi connectivity index (χ3v) is 4.13. The number of piperidine rings is 1. The molecule has 0 unspecified atom stereocenters. The van der Waals surface area contributed by atoms with E-state index in [-0.39, 0.29) is 18.2 Å². The van der Waals surface area contributed by atoms with E-state index in [1.165, 1.54) is 5.56 Å². The van der Waals surface area contributed by atoms with Gasteiger partial charge in [-0.2, -0.15) is 0 Å². The standard InChI is InChI=1S/C20H29NO4/c1-15-5-7-16(8-6-15)9-10-18(22)24-17-11-13-21(14-12-17)19(23)25-20(2,3)4/h5-8,17H,9-14H2,1-4H3. The van der Waals surface area contributed by atoms with Gasteiger partial charge in [-0.3, -0.25) is 4.79 Å². The number of benzene rings is 1. The molecule has 1 heterocycles. The monoisotopic (exact) mass is 347 g/mol. The SMILES string of the molecule is Cc1ccc(CCC(=O)OC2CCN(C(=O)OC(C)(C)C)CC2)cc1. The maximum absolute atomic E-state index is 12.0. The van der Waals surface area contributed by atoms with Crippen LogP contribution in [0.5, 0.6) is 0 Å². The lowest BCUT2D eigenvalue weighted by Gasteiger charge is -2.33.